The lowest BCUT2D eigenvalue weighted by molar-refractivity contribution is -0.122. The van der Waals surface area contributed by atoms with Gasteiger partial charge in [-0.2, -0.15) is 9.82 Å². The molecule has 0 aliphatic carbocycles. The average molecular weight is 261 g/mol. The van der Waals surface area contributed by atoms with Crippen molar-refractivity contribution in [2.45, 2.75) is 24.3 Å². The van der Waals surface area contributed by atoms with Crippen LogP contribution in [0, 0.1) is 0 Å². The monoisotopic (exact) mass is 261 g/mol. The van der Waals surface area contributed by atoms with E-state index in [-0.39, 0.29) is 10.7 Å². The molecular formula is C8H15N5O3S. The lowest BCUT2D eigenvalue weighted by Crippen LogP contribution is -2.52. The van der Waals surface area contributed by atoms with Crippen LogP contribution in [0.15, 0.2) is 11.1 Å². The standard InChI is InChI=1S/C8H15N5O3S/c1-8(2,7(10)14)12-17(15,16)5-4-13(3)11-6(5)9/h4,12H,1-3H3,(H2,9,11)(H2,10,14). The Morgan fingerprint density at radius 3 is 2.41 bits per heavy atom. The zero-order chi connectivity index (χ0) is 13.4. The van der Waals surface area contributed by atoms with E-state index in [4.69, 9.17) is 11.5 Å². The molecule has 0 radical (unpaired) electrons. The van der Waals surface area contributed by atoms with Gasteiger partial charge in [-0.15, -0.1) is 0 Å². The molecule has 0 saturated heterocycles. The number of rotatable bonds is 4. The van der Waals surface area contributed by atoms with Gasteiger partial charge in [-0.3, -0.25) is 9.48 Å². The molecule has 0 fully saturated rings. The Bertz CT molecular complexity index is 546. The van der Waals surface area contributed by atoms with Crippen LogP contribution < -0.4 is 16.2 Å². The Morgan fingerprint density at radius 1 is 1.53 bits per heavy atom. The van der Waals surface area contributed by atoms with Crippen molar-refractivity contribution in [3.05, 3.63) is 6.20 Å². The molecule has 96 valence electrons. The van der Waals surface area contributed by atoms with Crippen LogP contribution in [-0.2, 0) is 21.9 Å². The fraction of sp³-hybridized carbons (Fsp3) is 0.500. The second-order valence-corrected chi connectivity index (χ2v) is 5.80. The van der Waals surface area contributed by atoms with Crippen LogP contribution in [-0.4, -0.2) is 29.6 Å². The molecule has 0 aliphatic rings. The highest BCUT2D eigenvalue weighted by atomic mass is 32.2. The minimum Gasteiger partial charge on any atom is -0.381 e. The van der Waals surface area contributed by atoms with Gasteiger partial charge < -0.3 is 11.5 Å². The summed E-state index contributed by atoms with van der Waals surface area (Å²) in [5.74, 6) is -0.927. The number of nitrogen functional groups attached to an aromatic ring is 1. The molecule has 8 nitrogen and oxygen atoms in total. The zero-order valence-electron chi connectivity index (χ0n) is 9.76. The van der Waals surface area contributed by atoms with E-state index >= 15 is 0 Å². The summed E-state index contributed by atoms with van der Waals surface area (Å²) in [5.41, 5.74) is 9.13. The zero-order valence-corrected chi connectivity index (χ0v) is 10.6. The molecule has 17 heavy (non-hydrogen) atoms. The molecule has 1 aromatic rings. The summed E-state index contributed by atoms with van der Waals surface area (Å²) in [5, 5.41) is 3.71. The van der Waals surface area contributed by atoms with Crippen LogP contribution in [0.25, 0.3) is 0 Å². The van der Waals surface area contributed by atoms with Crippen LogP contribution in [0.4, 0.5) is 5.82 Å². The highest BCUT2D eigenvalue weighted by molar-refractivity contribution is 7.89. The van der Waals surface area contributed by atoms with Gasteiger partial charge in [0.05, 0.1) is 0 Å². The Kier molecular flexibility index (Phi) is 3.17. The summed E-state index contributed by atoms with van der Waals surface area (Å²) in [6, 6.07) is 0. The van der Waals surface area contributed by atoms with Crippen molar-refractivity contribution < 1.29 is 13.2 Å². The summed E-state index contributed by atoms with van der Waals surface area (Å²) in [4.78, 5) is 10.9. The van der Waals surface area contributed by atoms with Gasteiger partial charge >= 0.3 is 0 Å². The first-order valence-electron chi connectivity index (χ1n) is 4.69. The fourth-order valence-electron chi connectivity index (χ4n) is 1.13. The number of hydrogen-bond donors (Lipinski definition) is 3. The number of aromatic nitrogens is 2. The van der Waals surface area contributed by atoms with Gasteiger partial charge in [0.2, 0.25) is 15.9 Å². The van der Waals surface area contributed by atoms with Gasteiger partial charge in [0.15, 0.2) is 5.82 Å². The number of sulfonamides is 1. The maximum atomic E-state index is 11.9. The van der Waals surface area contributed by atoms with Crippen LogP contribution in [0.1, 0.15) is 13.8 Å². The SMILES string of the molecule is Cn1cc(S(=O)(=O)NC(C)(C)C(N)=O)c(N)n1. The van der Waals surface area contributed by atoms with Crippen LogP contribution in [0.3, 0.4) is 0 Å². The Hall–Kier alpha value is -1.61. The average Bonchev–Trinajstić information content (AvgIpc) is 2.43. The number of carbonyl (C=O) groups excluding carboxylic acids is 1. The molecular weight excluding hydrogens is 246 g/mol. The number of primary amides is 1. The molecule has 5 N–H and O–H groups in total. The van der Waals surface area contributed by atoms with Crippen molar-refractivity contribution >= 4 is 21.7 Å². The first kappa shape index (κ1) is 13.5. The molecule has 0 atom stereocenters. The molecule has 1 heterocycles. The van der Waals surface area contributed by atoms with E-state index in [1.54, 1.807) is 0 Å². The van der Waals surface area contributed by atoms with Crippen LogP contribution in [0.5, 0.6) is 0 Å². The van der Waals surface area contributed by atoms with E-state index in [1.807, 2.05) is 0 Å². The molecule has 1 rings (SSSR count). The first-order chi connectivity index (χ1) is 7.56. The van der Waals surface area contributed by atoms with Crippen molar-refractivity contribution in [2.24, 2.45) is 12.8 Å². The van der Waals surface area contributed by atoms with Crippen LogP contribution >= 0.6 is 0 Å². The second-order valence-electron chi connectivity index (χ2n) is 4.15. The number of nitrogens with one attached hydrogen (secondary N) is 1. The summed E-state index contributed by atoms with van der Waals surface area (Å²) in [6.45, 7) is 2.72. The van der Waals surface area contributed by atoms with Gasteiger partial charge in [0.25, 0.3) is 0 Å². The van der Waals surface area contributed by atoms with E-state index < -0.39 is 21.5 Å². The summed E-state index contributed by atoms with van der Waals surface area (Å²) in [6.07, 6.45) is 1.24. The number of aryl methyl sites for hydroxylation is 1. The highest BCUT2D eigenvalue weighted by Crippen LogP contribution is 2.17. The quantitative estimate of drug-likeness (QED) is 0.609. The van der Waals surface area contributed by atoms with E-state index in [1.165, 1.54) is 31.8 Å². The van der Waals surface area contributed by atoms with Crippen molar-refractivity contribution in [3.8, 4) is 0 Å². The Labute approximate surface area is 99.0 Å². The summed E-state index contributed by atoms with van der Waals surface area (Å²) >= 11 is 0. The first-order valence-corrected chi connectivity index (χ1v) is 6.17. The minimum atomic E-state index is -3.93. The molecule has 9 heteroatoms. The molecule has 1 amide bonds. The van der Waals surface area contributed by atoms with Gasteiger partial charge in [0.1, 0.15) is 10.4 Å². The van der Waals surface area contributed by atoms with Gasteiger partial charge in [-0.1, -0.05) is 0 Å². The number of anilines is 1. The second kappa shape index (κ2) is 4.00. The molecule has 0 unspecified atom stereocenters. The molecule has 0 saturated carbocycles. The van der Waals surface area contributed by atoms with Crippen molar-refractivity contribution in [1.82, 2.24) is 14.5 Å². The third-order valence-corrected chi connectivity index (χ3v) is 3.79. The minimum absolute atomic E-state index is 0.139. The number of nitrogens with zero attached hydrogens (tertiary/aromatic N) is 2. The third-order valence-electron chi connectivity index (χ3n) is 2.12. The fourth-order valence-corrected chi connectivity index (χ4v) is 2.62. The normalized spacial score (nSPS) is 12.6. The molecule has 0 spiro atoms. The molecule has 1 aromatic heterocycles. The van der Waals surface area contributed by atoms with Crippen LogP contribution in [0.2, 0.25) is 0 Å². The number of amides is 1. The van der Waals surface area contributed by atoms with Crippen molar-refractivity contribution in [3.63, 3.8) is 0 Å². The number of hydrogen-bond acceptors (Lipinski definition) is 5. The van der Waals surface area contributed by atoms with Crippen molar-refractivity contribution in [1.29, 1.82) is 0 Å². The molecule has 0 aromatic carbocycles. The summed E-state index contributed by atoms with van der Waals surface area (Å²) in [7, 11) is -2.40. The van der Waals surface area contributed by atoms with Gasteiger partial charge in [-0.25, -0.2) is 8.42 Å². The predicted octanol–water partition coefficient (Wildman–Crippen LogP) is -1.46. The van der Waals surface area contributed by atoms with E-state index in [0.29, 0.717) is 0 Å². The largest absolute Gasteiger partial charge is 0.381 e. The maximum Gasteiger partial charge on any atom is 0.246 e. The summed E-state index contributed by atoms with van der Waals surface area (Å²) < 4.78 is 27.3. The topological polar surface area (TPSA) is 133 Å². The third kappa shape index (κ3) is 2.74. The van der Waals surface area contributed by atoms with Gasteiger partial charge in [-0.05, 0) is 13.8 Å². The smallest absolute Gasteiger partial charge is 0.246 e. The Balaban J connectivity index is 3.14. The lowest BCUT2D eigenvalue weighted by atomic mass is 10.1. The van der Waals surface area contributed by atoms with Gasteiger partial charge in [0, 0.05) is 13.2 Å². The number of carbonyl (C=O) groups is 1. The Morgan fingerprint density at radius 2 is 2.06 bits per heavy atom. The van der Waals surface area contributed by atoms with E-state index in [9.17, 15) is 13.2 Å². The predicted molar refractivity (Wildman–Crippen MR) is 61.2 cm³/mol. The maximum absolute atomic E-state index is 11.9. The number of nitrogens with two attached hydrogens (primary N) is 2. The van der Waals surface area contributed by atoms with Crippen molar-refractivity contribution in [2.75, 3.05) is 5.73 Å². The molecule has 0 aliphatic heterocycles. The van der Waals surface area contributed by atoms with E-state index in [2.05, 4.69) is 9.82 Å². The lowest BCUT2D eigenvalue weighted by Gasteiger charge is -2.21. The van der Waals surface area contributed by atoms with E-state index in [0.717, 1.165) is 0 Å². The molecule has 0 bridgehead atoms. The highest BCUT2D eigenvalue weighted by Gasteiger charge is 2.33.